The predicted molar refractivity (Wildman–Crippen MR) is 50.5 cm³/mol. The molecule has 13 heavy (non-hydrogen) atoms. The molecule has 72 valence electrons. The van der Waals surface area contributed by atoms with Gasteiger partial charge in [-0.2, -0.15) is 5.10 Å². The van der Waals surface area contributed by atoms with Crippen LogP contribution in [0.5, 0.6) is 0 Å². The minimum absolute atomic E-state index is 0.0278. The quantitative estimate of drug-likeness (QED) is 0.696. The first-order chi connectivity index (χ1) is 6.07. The Kier molecular flexibility index (Phi) is 2.83. The number of Topliss-reactive ketones (excluding diaryl/α,β-unsaturated/α-hetero) is 1. The molecule has 1 unspecified atom stereocenters. The van der Waals surface area contributed by atoms with Gasteiger partial charge in [0, 0.05) is 7.05 Å². The van der Waals surface area contributed by atoms with Crippen LogP contribution in [0.2, 0.25) is 0 Å². The minimum atomic E-state index is -0.408. The summed E-state index contributed by atoms with van der Waals surface area (Å²) in [5.41, 5.74) is 7.16. The van der Waals surface area contributed by atoms with Crippen LogP contribution in [0, 0.1) is 6.92 Å². The fourth-order valence-corrected chi connectivity index (χ4v) is 1.26. The molecule has 0 aromatic carbocycles. The normalized spacial score (nSPS) is 12.9. The van der Waals surface area contributed by atoms with Crippen LogP contribution in [0.25, 0.3) is 0 Å². The SMILES string of the molecule is CCC(N)C(=O)c1c(C)cnn1C. The van der Waals surface area contributed by atoms with Crippen LogP contribution in [0.1, 0.15) is 29.4 Å². The molecule has 0 aliphatic rings. The van der Waals surface area contributed by atoms with Crippen molar-refractivity contribution in [2.24, 2.45) is 12.8 Å². The second-order valence-electron chi connectivity index (χ2n) is 3.18. The number of rotatable bonds is 3. The van der Waals surface area contributed by atoms with Gasteiger partial charge in [0.05, 0.1) is 12.2 Å². The van der Waals surface area contributed by atoms with Gasteiger partial charge in [-0.25, -0.2) is 0 Å². The maximum Gasteiger partial charge on any atom is 0.197 e. The van der Waals surface area contributed by atoms with Gasteiger partial charge < -0.3 is 5.73 Å². The van der Waals surface area contributed by atoms with Crippen molar-refractivity contribution in [3.8, 4) is 0 Å². The fraction of sp³-hybridized carbons (Fsp3) is 0.556. The Hall–Kier alpha value is -1.16. The summed E-state index contributed by atoms with van der Waals surface area (Å²) in [5.74, 6) is -0.0278. The number of aryl methyl sites for hydroxylation is 2. The summed E-state index contributed by atoms with van der Waals surface area (Å²) in [7, 11) is 1.75. The molecular formula is C9H15N3O. The van der Waals surface area contributed by atoms with Crippen LogP contribution < -0.4 is 5.73 Å². The van der Waals surface area contributed by atoms with E-state index < -0.39 is 6.04 Å². The van der Waals surface area contributed by atoms with Crippen molar-refractivity contribution < 1.29 is 4.79 Å². The number of ketones is 1. The molecule has 0 aliphatic carbocycles. The Morgan fingerprint density at radius 2 is 2.38 bits per heavy atom. The van der Waals surface area contributed by atoms with Crippen molar-refractivity contribution in [2.75, 3.05) is 0 Å². The first-order valence-corrected chi connectivity index (χ1v) is 4.36. The van der Waals surface area contributed by atoms with Crippen molar-refractivity contribution >= 4 is 5.78 Å². The van der Waals surface area contributed by atoms with Crippen molar-refractivity contribution in [1.82, 2.24) is 9.78 Å². The number of hydrogen-bond acceptors (Lipinski definition) is 3. The molecule has 0 amide bonds. The van der Waals surface area contributed by atoms with Gasteiger partial charge >= 0.3 is 0 Å². The van der Waals surface area contributed by atoms with Gasteiger partial charge in [-0.1, -0.05) is 6.92 Å². The molecule has 0 fully saturated rings. The van der Waals surface area contributed by atoms with E-state index in [1.807, 2.05) is 13.8 Å². The van der Waals surface area contributed by atoms with Crippen LogP contribution in [-0.4, -0.2) is 21.6 Å². The number of hydrogen-bond donors (Lipinski definition) is 1. The highest BCUT2D eigenvalue weighted by Crippen LogP contribution is 2.09. The molecule has 2 N–H and O–H groups in total. The summed E-state index contributed by atoms with van der Waals surface area (Å²) in [6.45, 7) is 3.76. The third-order valence-electron chi connectivity index (χ3n) is 2.13. The standard InChI is InChI=1S/C9H15N3O/c1-4-7(10)9(13)8-6(2)5-11-12(8)3/h5,7H,4,10H2,1-3H3. The average Bonchev–Trinajstić information content (AvgIpc) is 2.44. The zero-order chi connectivity index (χ0) is 10.0. The van der Waals surface area contributed by atoms with Crippen LogP contribution >= 0.6 is 0 Å². The minimum Gasteiger partial charge on any atom is -0.321 e. The topological polar surface area (TPSA) is 60.9 Å². The molecular weight excluding hydrogens is 166 g/mol. The highest BCUT2D eigenvalue weighted by Gasteiger charge is 2.19. The van der Waals surface area contributed by atoms with E-state index in [-0.39, 0.29) is 5.78 Å². The summed E-state index contributed by atoms with van der Waals surface area (Å²) < 4.78 is 1.58. The molecule has 1 aromatic heterocycles. The second kappa shape index (κ2) is 3.70. The lowest BCUT2D eigenvalue weighted by atomic mass is 10.1. The zero-order valence-electron chi connectivity index (χ0n) is 8.24. The summed E-state index contributed by atoms with van der Waals surface area (Å²) >= 11 is 0. The summed E-state index contributed by atoms with van der Waals surface area (Å²) in [6, 6.07) is -0.408. The Morgan fingerprint density at radius 3 is 2.77 bits per heavy atom. The van der Waals surface area contributed by atoms with Gasteiger partial charge in [0.25, 0.3) is 0 Å². The van der Waals surface area contributed by atoms with Gasteiger partial charge in [-0.15, -0.1) is 0 Å². The van der Waals surface area contributed by atoms with Gasteiger partial charge in [0.15, 0.2) is 5.78 Å². The lowest BCUT2D eigenvalue weighted by Crippen LogP contribution is -2.31. The fourth-order valence-electron chi connectivity index (χ4n) is 1.26. The molecule has 1 heterocycles. The third-order valence-corrected chi connectivity index (χ3v) is 2.13. The summed E-state index contributed by atoms with van der Waals surface area (Å²) in [5, 5.41) is 3.99. The largest absolute Gasteiger partial charge is 0.321 e. The van der Waals surface area contributed by atoms with Crippen LogP contribution in [0.4, 0.5) is 0 Å². The van der Waals surface area contributed by atoms with E-state index in [1.54, 1.807) is 17.9 Å². The first kappa shape index (κ1) is 9.92. The zero-order valence-corrected chi connectivity index (χ0v) is 8.24. The number of aromatic nitrogens is 2. The van der Waals surface area contributed by atoms with E-state index >= 15 is 0 Å². The lowest BCUT2D eigenvalue weighted by Gasteiger charge is -2.08. The highest BCUT2D eigenvalue weighted by molar-refractivity contribution is 5.99. The number of nitrogens with zero attached hydrogens (tertiary/aromatic N) is 2. The number of carbonyl (C=O) groups is 1. The molecule has 0 saturated carbocycles. The number of carbonyl (C=O) groups excluding carboxylic acids is 1. The lowest BCUT2D eigenvalue weighted by molar-refractivity contribution is 0.0949. The second-order valence-corrected chi connectivity index (χ2v) is 3.18. The summed E-state index contributed by atoms with van der Waals surface area (Å²) in [6.07, 6.45) is 2.33. The van der Waals surface area contributed by atoms with Gasteiger partial charge in [0.1, 0.15) is 5.69 Å². The maximum absolute atomic E-state index is 11.7. The molecule has 0 bridgehead atoms. The summed E-state index contributed by atoms with van der Waals surface area (Å²) in [4.78, 5) is 11.7. The molecule has 0 radical (unpaired) electrons. The van der Waals surface area contributed by atoms with E-state index in [2.05, 4.69) is 5.10 Å². The van der Waals surface area contributed by atoms with E-state index in [9.17, 15) is 4.79 Å². The molecule has 1 atom stereocenters. The van der Waals surface area contributed by atoms with E-state index in [0.29, 0.717) is 12.1 Å². The highest BCUT2D eigenvalue weighted by atomic mass is 16.1. The molecule has 1 rings (SSSR count). The number of nitrogens with two attached hydrogens (primary N) is 1. The third kappa shape index (κ3) is 1.78. The molecule has 0 saturated heterocycles. The Morgan fingerprint density at radius 1 is 1.77 bits per heavy atom. The average molecular weight is 181 g/mol. The van der Waals surface area contributed by atoms with Gasteiger partial charge in [-0.05, 0) is 18.9 Å². The van der Waals surface area contributed by atoms with E-state index in [1.165, 1.54) is 0 Å². The Balaban J connectivity index is 3.01. The van der Waals surface area contributed by atoms with Crippen molar-refractivity contribution in [1.29, 1.82) is 0 Å². The smallest absolute Gasteiger partial charge is 0.197 e. The predicted octanol–water partition coefficient (Wildman–Crippen LogP) is 0.649. The van der Waals surface area contributed by atoms with Crippen LogP contribution in [-0.2, 0) is 7.05 Å². The molecule has 1 aromatic rings. The Bertz CT molecular complexity index is 297. The van der Waals surface area contributed by atoms with Crippen molar-refractivity contribution in [3.05, 3.63) is 17.5 Å². The van der Waals surface area contributed by atoms with Gasteiger partial charge in [-0.3, -0.25) is 9.48 Å². The molecule has 4 heteroatoms. The van der Waals surface area contributed by atoms with Crippen molar-refractivity contribution in [2.45, 2.75) is 26.3 Å². The van der Waals surface area contributed by atoms with Crippen LogP contribution in [0.3, 0.4) is 0 Å². The first-order valence-electron chi connectivity index (χ1n) is 4.36. The maximum atomic E-state index is 11.7. The van der Waals surface area contributed by atoms with Crippen molar-refractivity contribution in [3.63, 3.8) is 0 Å². The molecule has 0 spiro atoms. The Labute approximate surface area is 77.7 Å². The van der Waals surface area contributed by atoms with Crippen LogP contribution in [0.15, 0.2) is 6.20 Å². The van der Waals surface area contributed by atoms with Gasteiger partial charge in [0.2, 0.25) is 0 Å². The molecule has 4 nitrogen and oxygen atoms in total. The van der Waals surface area contributed by atoms with E-state index in [4.69, 9.17) is 5.73 Å². The monoisotopic (exact) mass is 181 g/mol. The molecule has 0 aliphatic heterocycles. The van der Waals surface area contributed by atoms with E-state index in [0.717, 1.165) is 5.56 Å².